The first-order valence-electron chi connectivity index (χ1n) is 9.99. The highest BCUT2D eigenvalue weighted by molar-refractivity contribution is 5.73. The highest BCUT2D eigenvalue weighted by atomic mass is 19.1. The van der Waals surface area contributed by atoms with Gasteiger partial charge in [0.1, 0.15) is 17.1 Å². The predicted octanol–water partition coefficient (Wildman–Crippen LogP) is 3.23. The summed E-state index contributed by atoms with van der Waals surface area (Å²) >= 11 is 0. The summed E-state index contributed by atoms with van der Waals surface area (Å²) in [6.07, 6.45) is 3.57. The lowest BCUT2D eigenvalue weighted by molar-refractivity contribution is -0.107. The zero-order valence-electron chi connectivity index (χ0n) is 16.9. The fourth-order valence-electron chi connectivity index (χ4n) is 4.12. The molecule has 2 amide bonds. The summed E-state index contributed by atoms with van der Waals surface area (Å²) < 4.78 is 17.4. The maximum absolute atomic E-state index is 15.9. The fraction of sp³-hybridized carbons (Fsp3) is 0.125. The molecule has 4 aromatic rings. The number of rotatable bonds is 2. The van der Waals surface area contributed by atoms with E-state index in [9.17, 15) is 4.79 Å². The molecule has 8 heteroatoms. The number of carbonyl (C=O) groups is 1. The third-order valence-electron chi connectivity index (χ3n) is 5.53. The lowest BCUT2D eigenvalue weighted by atomic mass is 9.79. The van der Waals surface area contributed by atoms with Crippen LogP contribution in [0.2, 0.25) is 0 Å². The molecule has 1 fully saturated rings. The molecule has 5 rings (SSSR count). The van der Waals surface area contributed by atoms with E-state index in [4.69, 9.17) is 10.6 Å². The Morgan fingerprint density at radius 1 is 1.09 bits per heavy atom. The Morgan fingerprint density at radius 2 is 1.94 bits per heavy atom. The number of hydroxylamine groups is 2. The van der Waals surface area contributed by atoms with Crippen molar-refractivity contribution in [1.82, 2.24) is 19.7 Å². The molecular formula is C24H18FN5O2. The van der Waals surface area contributed by atoms with Gasteiger partial charge in [0.2, 0.25) is 0 Å². The van der Waals surface area contributed by atoms with Crippen LogP contribution in [0.4, 0.5) is 9.18 Å². The summed E-state index contributed by atoms with van der Waals surface area (Å²) in [4.78, 5) is 22.0. The number of aromatic nitrogens is 3. The number of hydrogen-bond acceptors (Lipinski definition) is 4. The van der Waals surface area contributed by atoms with Crippen LogP contribution in [0.3, 0.4) is 0 Å². The number of carbonyl (C=O) groups excluding carboxylic acids is 1. The molecule has 7 nitrogen and oxygen atoms in total. The molecular weight excluding hydrogens is 409 g/mol. The number of fused-ring (bicyclic) bond motifs is 1. The molecule has 0 spiro atoms. The molecule has 32 heavy (non-hydrogen) atoms. The van der Waals surface area contributed by atoms with Crippen LogP contribution in [0.15, 0.2) is 73.1 Å². The Hall–Kier alpha value is -4.22. The molecule has 158 valence electrons. The van der Waals surface area contributed by atoms with Crippen molar-refractivity contribution in [3.63, 3.8) is 0 Å². The van der Waals surface area contributed by atoms with Gasteiger partial charge >= 0.3 is 6.03 Å². The number of amides is 2. The molecule has 3 heterocycles. The molecule has 2 aromatic carbocycles. The first-order valence-corrected chi connectivity index (χ1v) is 9.99. The van der Waals surface area contributed by atoms with Crippen molar-refractivity contribution in [2.24, 2.45) is 5.73 Å². The summed E-state index contributed by atoms with van der Waals surface area (Å²) in [6, 6.07) is 16.9. The van der Waals surface area contributed by atoms with Gasteiger partial charge in [0.15, 0.2) is 5.65 Å². The van der Waals surface area contributed by atoms with E-state index in [-0.39, 0.29) is 17.7 Å². The molecule has 1 unspecified atom stereocenters. The first-order chi connectivity index (χ1) is 15.6. The van der Waals surface area contributed by atoms with Gasteiger partial charge in [-0.15, -0.1) is 0 Å². The van der Waals surface area contributed by atoms with E-state index in [1.807, 2.05) is 36.4 Å². The zero-order valence-corrected chi connectivity index (χ0v) is 16.9. The summed E-state index contributed by atoms with van der Waals surface area (Å²) in [6.45, 7) is 0.223. The number of nitrogens with two attached hydrogens (primary N) is 1. The molecule has 0 bridgehead atoms. The van der Waals surface area contributed by atoms with E-state index in [1.54, 1.807) is 41.2 Å². The monoisotopic (exact) mass is 427 g/mol. The maximum Gasteiger partial charge on any atom is 0.339 e. The Kier molecular flexibility index (Phi) is 4.81. The van der Waals surface area contributed by atoms with Crippen LogP contribution in [0.1, 0.15) is 28.8 Å². The largest absolute Gasteiger partial charge is 0.350 e. The van der Waals surface area contributed by atoms with E-state index >= 15 is 4.39 Å². The van der Waals surface area contributed by atoms with Gasteiger partial charge in [0.05, 0.1) is 18.4 Å². The normalized spacial score (nSPS) is 17.8. The van der Waals surface area contributed by atoms with Crippen LogP contribution in [0.5, 0.6) is 0 Å². The number of hydrogen-bond donors (Lipinski definition) is 1. The molecule has 0 saturated carbocycles. The Bertz CT molecular complexity index is 1380. The second kappa shape index (κ2) is 7.80. The van der Waals surface area contributed by atoms with Crippen molar-refractivity contribution in [2.75, 3.05) is 6.61 Å². The molecule has 1 aliphatic rings. The first kappa shape index (κ1) is 19.7. The zero-order chi connectivity index (χ0) is 22.1. The average molecular weight is 427 g/mol. The molecule has 0 aliphatic carbocycles. The van der Waals surface area contributed by atoms with Crippen molar-refractivity contribution >= 4 is 11.7 Å². The van der Waals surface area contributed by atoms with E-state index in [0.717, 1.165) is 5.06 Å². The fourth-order valence-corrected chi connectivity index (χ4v) is 4.12. The van der Waals surface area contributed by atoms with Crippen LogP contribution >= 0.6 is 0 Å². The van der Waals surface area contributed by atoms with Gasteiger partial charge in [0, 0.05) is 18.2 Å². The number of primary amides is 1. The molecule has 1 atom stereocenters. The SMILES string of the molecule is NC(=O)N1OCCC1(c1ccccc1)c1cccc(C#Cc2cnc3cccnn23)c1F. The van der Waals surface area contributed by atoms with Gasteiger partial charge in [-0.3, -0.25) is 4.84 Å². The van der Waals surface area contributed by atoms with Crippen molar-refractivity contribution in [2.45, 2.75) is 12.0 Å². The number of benzene rings is 2. The lowest BCUT2D eigenvalue weighted by Crippen LogP contribution is -2.48. The van der Waals surface area contributed by atoms with Crippen LogP contribution in [0.25, 0.3) is 5.65 Å². The van der Waals surface area contributed by atoms with Crippen molar-refractivity contribution in [3.05, 3.63) is 101 Å². The minimum absolute atomic E-state index is 0.181. The van der Waals surface area contributed by atoms with Crippen LogP contribution in [-0.2, 0) is 10.4 Å². The maximum atomic E-state index is 15.9. The Balaban J connectivity index is 1.65. The van der Waals surface area contributed by atoms with E-state index in [1.165, 1.54) is 0 Å². The van der Waals surface area contributed by atoms with Crippen molar-refractivity contribution in [1.29, 1.82) is 0 Å². The van der Waals surface area contributed by atoms with Gasteiger partial charge in [-0.1, -0.05) is 48.4 Å². The minimum atomic E-state index is -1.19. The Morgan fingerprint density at radius 3 is 2.75 bits per heavy atom. The topological polar surface area (TPSA) is 85.8 Å². The van der Waals surface area contributed by atoms with Gasteiger partial charge in [-0.2, -0.15) is 10.2 Å². The number of nitrogens with zero attached hydrogens (tertiary/aromatic N) is 4. The van der Waals surface area contributed by atoms with E-state index < -0.39 is 17.4 Å². The predicted molar refractivity (Wildman–Crippen MR) is 115 cm³/mol. The molecule has 0 radical (unpaired) electrons. The summed E-state index contributed by atoms with van der Waals surface area (Å²) in [7, 11) is 0. The molecule has 2 aromatic heterocycles. The van der Waals surface area contributed by atoms with E-state index in [0.29, 0.717) is 23.3 Å². The quantitative estimate of drug-likeness (QED) is 0.498. The third kappa shape index (κ3) is 3.07. The number of halogens is 1. The number of imidazole rings is 1. The third-order valence-corrected chi connectivity index (χ3v) is 5.53. The second-order valence-electron chi connectivity index (χ2n) is 7.30. The highest BCUT2D eigenvalue weighted by Crippen LogP contribution is 2.44. The van der Waals surface area contributed by atoms with Gasteiger partial charge in [0.25, 0.3) is 0 Å². The Labute approximate surface area is 183 Å². The van der Waals surface area contributed by atoms with Gasteiger partial charge < -0.3 is 5.73 Å². The van der Waals surface area contributed by atoms with E-state index in [2.05, 4.69) is 21.9 Å². The standard InChI is InChI=1S/C24H18FN5O2/c25-22-17(11-12-19-16-27-21-10-5-14-28-29(19)21)6-4-9-20(22)24(18-7-2-1-3-8-18)13-15-32-30(24)23(26)31/h1-10,14,16H,13,15H2,(H2,26,31). The number of urea groups is 1. The smallest absolute Gasteiger partial charge is 0.339 e. The van der Waals surface area contributed by atoms with Crippen molar-refractivity contribution in [3.8, 4) is 11.8 Å². The molecule has 2 N–H and O–H groups in total. The average Bonchev–Trinajstić information content (AvgIpc) is 3.44. The van der Waals surface area contributed by atoms with Crippen LogP contribution in [-0.4, -0.2) is 32.3 Å². The van der Waals surface area contributed by atoms with Crippen LogP contribution < -0.4 is 5.73 Å². The van der Waals surface area contributed by atoms with Gasteiger partial charge in [-0.25, -0.2) is 18.7 Å². The van der Waals surface area contributed by atoms with Gasteiger partial charge in [-0.05, 0) is 29.7 Å². The second-order valence-corrected chi connectivity index (χ2v) is 7.30. The molecule has 1 aliphatic heterocycles. The van der Waals surface area contributed by atoms with Crippen LogP contribution in [0, 0.1) is 17.7 Å². The lowest BCUT2D eigenvalue weighted by Gasteiger charge is -2.36. The van der Waals surface area contributed by atoms with Crippen molar-refractivity contribution < 1.29 is 14.0 Å². The highest BCUT2D eigenvalue weighted by Gasteiger charge is 2.49. The summed E-state index contributed by atoms with van der Waals surface area (Å²) in [5.74, 6) is 5.28. The summed E-state index contributed by atoms with van der Waals surface area (Å²) in [5.41, 5.74) is 6.74. The molecule has 1 saturated heterocycles. The summed E-state index contributed by atoms with van der Waals surface area (Å²) in [5, 5.41) is 5.28. The minimum Gasteiger partial charge on any atom is -0.350 e.